The van der Waals surface area contributed by atoms with Gasteiger partial charge in [0.05, 0.1) is 18.1 Å². The zero-order chi connectivity index (χ0) is 11.0. The number of nitrogens with one attached hydrogen (secondary N) is 1. The van der Waals surface area contributed by atoms with Gasteiger partial charge in [-0.1, -0.05) is 0 Å². The molecule has 1 N–H and O–H groups in total. The van der Waals surface area contributed by atoms with Gasteiger partial charge in [-0.3, -0.25) is 4.98 Å². The summed E-state index contributed by atoms with van der Waals surface area (Å²) in [5.74, 6) is -0.245. The molecule has 0 amide bonds. The van der Waals surface area contributed by atoms with Crippen LogP contribution in [0.2, 0.25) is 0 Å². The van der Waals surface area contributed by atoms with Crippen LogP contribution in [-0.4, -0.2) is 30.2 Å². The van der Waals surface area contributed by atoms with E-state index in [4.69, 9.17) is 0 Å². The van der Waals surface area contributed by atoms with E-state index in [0.29, 0.717) is 12.1 Å². The zero-order valence-corrected chi connectivity index (χ0v) is 9.19. The SMILES string of the molecule is Fc1cncc(N2CCCC3NCCC32)c1. The number of anilines is 1. The molecule has 0 aromatic carbocycles. The van der Waals surface area contributed by atoms with Crippen LogP contribution in [0.3, 0.4) is 0 Å². The normalized spacial score (nSPS) is 29.2. The number of rotatable bonds is 1. The minimum Gasteiger partial charge on any atom is -0.366 e. The van der Waals surface area contributed by atoms with Gasteiger partial charge in [-0.15, -0.1) is 0 Å². The maximum atomic E-state index is 13.2. The zero-order valence-electron chi connectivity index (χ0n) is 9.19. The highest BCUT2D eigenvalue weighted by Crippen LogP contribution is 2.29. The number of halogens is 1. The van der Waals surface area contributed by atoms with Crippen LogP contribution < -0.4 is 10.2 Å². The van der Waals surface area contributed by atoms with E-state index in [1.54, 1.807) is 12.3 Å². The van der Waals surface area contributed by atoms with Crippen LogP contribution in [-0.2, 0) is 0 Å². The minimum absolute atomic E-state index is 0.245. The Bertz CT molecular complexity index is 382. The Morgan fingerprint density at radius 1 is 1.38 bits per heavy atom. The molecule has 0 radical (unpaired) electrons. The summed E-state index contributed by atoms with van der Waals surface area (Å²) in [6.07, 6.45) is 6.59. The number of hydrogen-bond acceptors (Lipinski definition) is 3. The van der Waals surface area contributed by atoms with Gasteiger partial charge in [0.15, 0.2) is 0 Å². The lowest BCUT2D eigenvalue weighted by Gasteiger charge is -2.38. The lowest BCUT2D eigenvalue weighted by atomic mass is 9.97. The molecule has 2 atom stereocenters. The minimum atomic E-state index is -0.245. The first-order valence-electron chi connectivity index (χ1n) is 5.95. The van der Waals surface area contributed by atoms with Crippen molar-refractivity contribution in [3.8, 4) is 0 Å². The number of piperidine rings is 1. The molecule has 16 heavy (non-hydrogen) atoms. The van der Waals surface area contributed by atoms with E-state index in [2.05, 4.69) is 15.2 Å². The predicted octanol–water partition coefficient (Wildman–Crippen LogP) is 1.55. The van der Waals surface area contributed by atoms with Crippen LogP contribution in [0, 0.1) is 5.82 Å². The summed E-state index contributed by atoms with van der Waals surface area (Å²) in [5.41, 5.74) is 0.929. The van der Waals surface area contributed by atoms with Crippen LogP contribution in [0.4, 0.5) is 10.1 Å². The molecular weight excluding hydrogens is 205 g/mol. The number of pyridine rings is 1. The van der Waals surface area contributed by atoms with Gasteiger partial charge in [0, 0.05) is 24.7 Å². The maximum absolute atomic E-state index is 13.2. The van der Waals surface area contributed by atoms with Gasteiger partial charge in [0.1, 0.15) is 5.82 Å². The van der Waals surface area contributed by atoms with Crippen molar-refractivity contribution in [1.82, 2.24) is 10.3 Å². The maximum Gasteiger partial charge on any atom is 0.143 e. The summed E-state index contributed by atoms with van der Waals surface area (Å²) in [6.45, 7) is 2.10. The van der Waals surface area contributed by atoms with Gasteiger partial charge in [-0.05, 0) is 25.8 Å². The molecule has 3 heterocycles. The summed E-state index contributed by atoms with van der Waals surface area (Å²) in [5, 5.41) is 3.52. The van der Waals surface area contributed by atoms with Gasteiger partial charge < -0.3 is 10.2 Å². The molecule has 1 aromatic heterocycles. The molecule has 2 fully saturated rings. The molecule has 0 bridgehead atoms. The van der Waals surface area contributed by atoms with Crippen molar-refractivity contribution in [3.05, 3.63) is 24.3 Å². The van der Waals surface area contributed by atoms with E-state index < -0.39 is 0 Å². The molecule has 0 saturated carbocycles. The van der Waals surface area contributed by atoms with Gasteiger partial charge in [-0.2, -0.15) is 0 Å². The average molecular weight is 221 g/mol. The third-order valence-corrected chi connectivity index (χ3v) is 3.65. The second kappa shape index (κ2) is 4.01. The van der Waals surface area contributed by atoms with Gasteiger partial charge in [-0.25, -0.2) is 4.39 Å². The standard InChI is InChI=1S/C12H16FN3/c13-9-6-10(8-14-7-9)16-5-1-2-11-12(16)3-4-15-11/h6-8,11-12,15H,1-5H2. The Morgan fingerprint density at radius 3 is 3.19 bits per heavy atom. The van der Waals surface area contributed by atoms with Crippen molar-refractivity contribution < 1.29 is 4.39 Å². The Kier molecular flexibility index (Phi) is 2.52. The number of hydrogen-bond donors (Lipinski definition) is 1. The molecule has 1 aromatic rings. The molecule has 2 aliphatic heterocycles. The molecule has 3 nitrogen and oxygen atoms in total. The van der Waals surface area contributed by atoms with Crippen molar-refractivity contribution in [2.24, 2.45) is 0 Å². The van der Waals surface area contributed by atoms with Crippen molar-refractivity contribution in [1.29, 1.82) is 0 Å². The van der Waals surface area contributed by atoms with Crippen molar-refractivity contribution in [2.75, 3.05) is 18.0 Å². The van der Waals surface area contributed by atoms with E-state index in [1.807, 2.05) is 0 Å². The molecule has 86 valence electrons. The predicted molar refractivity (Wildman–Crippen MR) is 61.0 cm³/mol. The molecule has 2 aliphatic rings. The highest BCUT2D eigenvalue weighted by atomic mass is 19.1. The Hall–Kier alpha value is -1.16. The Balaban J connectivity index is 1.88. The number of nitrogens with zero attached hydrogens (tertiary/aromatic N) is 2. The van der Waals surface area contributed by atoms with E-state index in [-0.39, 0.29) is 5.82 Å². The van der Waals surface area contributed by atoms with E-state index in [9.17, 15) is 4.39 Å². The number of fused-ring (bicyclic) bond motifs is 1. The largest absolute Gasteiger partial charge is 0.366 e. The van der Waals surface area contributed by atoms with E-state index >= 15 is 0 Å². The highest BCUT2D eigenvalue weighted by molar-refractivity contribution is 5.46. The first-order chi connectivity index (χ1) is 7.84. The second-order valence-corrected chi connectivity index (χ2v) is 4.61. The smallest absolute Gasteiger partial charge is 0.143 e. The molecule has 2 unspecified atom stereocenters. The summed E-state index contributed by atoms with van der Waals surface area (Å²) >= 11 is 0. The van der Waals surface area contributed by atoms with Gasteiger partial charge in [0.25, 0.3) is 0 Å². The van der Waals surface area contributed by atoms with Crippen LogP contribution >= 0.6 is 0 Å². The Labute approximate surface area is 94.7 Å². The summed E-state index contributed by atoms with van der Waals surface area (Å²) in [7, 11) is 0. The monoisotopic (exact) mass is 221 g/mol. The van der Waals surface area contributed by atoms with Crippen LogP contribution in [0.5, 0.6) is 0 Å². The quantitative estimate of drug-likeness (QED) is 0.780. The van der Waals surface area contributed by atoms with Crippen LogP contribution in [0.15, 0.2) is 18.5 Å². The van der Waals surface area contributed by atoms with Gasteiger partial charge in [0.2, 0.25) is 0 Å². The third kappa shape index (κ3) is 1.67. The molecule has 3 rings (SSSR count). The Morgan fingerprint density at radius 2 is 2.31 bits per heavy atom. The summed E-state index contributed by atoms with van der Waals surface area (Å²) < 4.78 is 13.2. The average Bonchev–Trinajstić information content (AvgIpc) is 2.76. The second-order valence-electron chi connectivity index (χ2n) is 4.61. The van der Waals surface area contributed by atoms with Crippen molar-refractivity contribution in [2.45, 2.75) is 31.3 Å². The van der Waals surface area contributed by atoms with E-state index in [0.717, 1.165) is 25.2 Å². The van der Waals surface area contributed by atoms with Crippen molar-refractivity contribution in [3.63, 3.8) is 0 Å². The third-order valence-electron chi connectivity index (χ3n) is 3.65. The summed E-state index contributed by atoms with van der Waals surface area (Å²) in [4.78, 5) is 6.25. The molecule has 2 saturated heterocycles. The first kappa shape index (κ1) is 10.0. The lowest BCUT2D eigenvalue weighted by Crippen LogP contribution is -2.48. The van der Waals surface area contributed by atoms with E-state index in [1.165, 1.54) is 19.0 Å². The first-order valence-corrected chi connectivity index (χ1v) is 5.95. The molecule has 4 heteroatoms. The van der Waals surface area contributed by atoms with Crippen LogP contribution in [0.25, 0.3) is 0 Å². The highest BCUT2D eigenvalue weighted by Gasteiger charge is 2.34. The molecule has 0 spiro atoms. The van der Waals surface area contributed by atoms with Gasteiger partial charge >= 0.3 is 0 Å². The van der Waals surface area contributed by atoms with Crippen LogP contribution in [0.1, 0.15) is 19.3 Å². The lowest BCUT2D eigenvalue weighted by molar-refractivity contribution is 0.411. The fraction of sp³-hybridized carbons (Fsp3) is 0.583. The number of aromatic nitrogens is 1. The summed E-state index contributed by atoms with van der Waals surface area (Å²) in [6, 6.07) is 2.70. The van der Waals surface area contributed by atoms with Crippen molar-refractivity contribution >= 4 is 5.69 Å². The topological polar surface area (TPSA) is 28.2 Å². The fourth-order valence-corrected chi connectivity index (χ4v) is 2.95. The molecular formula is C12H16FN3. The fourth-order valence-electron chi connectivity index (χ4n) is 2.95. The molecule has 0 aliphatic carbocycles.